The van der Waals surface area contributed by atoms with Gasteiger partial charge in [-0.05, 0) is 18.9 Å². The fourth-order valence-corrected chi connectivity index (χ4v) is 2.53. The molecule has 1 amide bonds. The van der Waals surface area contributed by atoms with Gasteiger partial charge in [-0.15, -0.1) is 0 Å². The van der Waals surface area contributed by atoms with Gasteiger partial charge in [-0.1, -0.05) is 5.16 Å². The lowest BCUT2D eigenvalue weighted by atomic mass is 10.0. The van der Waals surface area contributed by atoms with Crippen molar-refractivity contribution in [3.05, 3.63) is 18.0 Å². The van der Waals surface area contributed by atoms with E-state index in [-0.39, 0.29) is 5.91 Å². The van der Waals surface area contributed by atoms with Gasteiger partial charge in [0.05, 0.1) is 0 Å². The van der Waals surface area contributed by atoms with E-state index in [0.29, 0.717) is 17.7 Å². The fraction of sp³-hybridized carbons (Fsp3) is 0.600. The third-order valence-corrected chi connectivity index (χ3v) is 3.23. The second kappa shape index (κ2) is 3.34. The molecule has 3 heterocycles. The molecule has 0 spiro atoms. The van der Waals surface area contributed by atoms with Gasteiger partial charge in [-0.2, -0.15) is 0 Å². The summed E-state index contributed by atoms with van der Waals surface area (Å²) >= 11 is 0. The molecule has 15 heavy (non-hydrogen) atoms. The smallest absolute Gasteiger partial charge is 0.276 e. The van der Waals surface area contributed by atoms with E-state index in [2.05, 4.69) is 10.5 Å². The molecule has 0 aliphatic carbocycles. The first kappa shape index (κ1) is 8.91. The normalized spacial score (nSPS) is 29.5. The zero-order valence-corrected chi connectivity index (χ0v) is 8.35. The molecule has 2 aliphatic heterocycles. The van der Waals surface area contributed by atoms with E-state index in [1.54, 1.807) is 6.07 Å². The SMILES string of the molecule is O=C(c1ccon1)N1CC2CNCC1C2. The summed E-state index contributed by atoms with van der Waals surface area (Å²) in [6, 6.07) is 1.96. The molecule has 2 aliphatic rings. The maximum absolute atomic E-state index is 12.0. The lowest BCUT2D eigenvalue weighted by Crippen LogP contribution is -2.41. The molecule has 0 saturated carbocycles. The Morgan fingerprint density at radius 1 is 1.60 bits per heavy atom. The molecule has 1 aromatic heterocycles. The van der Waals surface area contributed by atoms with Gasteiger partial charge in [0.25, 0.3) is 5.91 Å². The van der Waals surface area contributed by atoms with Gasteiger partial charge in [-0.25, -0.2) is 0 Å². The Balaban J connectivity index is 1.80. The minimum absolute atomic E-state index is 0.0000463. The highest BCUT2D eigenvalue weighted by atomic mass is 16.5. The zero-order chi connectivity index (χ0) is 10.3. The number of carbonyl (C=O) groups excluding carboxylic acids is 1. The fourth-order valence-electron chi connectivity index (χ4n) is 2.53. The number of fused-ring (bicyclic) bond motifs is 2. The van der Waals surface area contributed by atoms with Crippen molar-refractivity contribution in [3.8, 4) is 0 Å². The highest BCUT2D eigenvalue weighted by Gasteiger charge is 2.38. The number of piperidine rings is 1. The second-order valence-electron chi connectivity index (χ2n) is 4.26. The first-order valence-corrected chi connectivity index (χ1v) is 5.26. The summed E-state index contributed by atoms with van der Waals surface area (Å²) in [4.78, 5) is 13.9. The summed E-state index contributed by atoms with van der Waals surface area (Å²) in [5.41, 5.74) is 0.419. The number of nitrogens with one attached hydrogen (secondary N) is 1. The Morgan fingerprint density at radius 3 is 3.27 bits per heavy atom. The molecule has 2 saturated heterocycles. The predicted octanol–water partition coefficient (Wildman–Crippen LogP) is 0.108. The van der Waals surface area contributed by atoms with E-state index in [1.807, 2.05) is 4.90 Å². The number of aromatic nitrogens is 1. The average molecular weight is 207 g/mol. The van der Waals surface area contributed by atoms with Crippen molar-refractivity contribution in [2.75, 3.05) is 19.6 Å². The van der Waals surface area contributed by atoms with Crippen molar-refractivity contribution >= 4 is 5.91 Å². The molecular formula is C10H13N3O2. The van der Waals surface area contributed by atoms with Gasteiger partial charge in [0.2, 0.25) is 0 Å². The molecule has 5 nitrogen and oxygen atoms in total. The van der Waals surface area contributed by atoms with Crippen LogP contribution < -0.4 is 5.32 Å². The number of hydrogen-bond acceptors (Lipinski definition) is 4. The van der Waals surface area contributed by atoms with Gasteiger partial charge in [-0.3, -0.25) is 4.79 Å². The van der Waals surface area contributed by atoms with E-state index in [9.17, 15) is 4.79 Å². The first-order chi connectivity index (χ1) is 7.34. The molecule has 2 unspecified atom stereocenters. The molecule has 3 rings (SSSR count). The number of amides is 1. The molecule has 80 valence electrons. The lowest BCUT2D eigenvalue weighted by molar-refractivity contribution is 0.0729. The molecule has 5 heteroatoms. The largest absolute Gasteiger partial charge is 0.364 e. The number of rotatable bonds is 1. The molecule has 0 radical (unpaired) electrons. The van der Waals surface area contributed by atoms with Crippen LogP contribution in [0.1, 0.15) is 16.9 Å². The molecule has 1 aromatic rings. The van der Waals surface area contributed by atoms with Crippen LogP contribution in [0.5, 0.6) is 0 Å². The summed E-state index contributed by atoms with van der Waals surface area (Å²) in [6.45, 7) is 2.78. The van der Waals surface area contributed by atoms with Crippen LogP contribution in [0.15, 0.2) is 16.9 Å². The monoisotopic (exact) mass is 207 g/mol. The summed E-state index contributed by atoms with van der Waals surface area (Å²) < 4.78 is 4.69. The molecule has 1 N–H and O–H groups in total. The topological polar surface area (TPSA) is 58.4 Å². The highest BCUT2D eigenvalue weighted by Crippen LogP contribution is 2.26. The summed E-state index contributed by atoms with van der Waals surface area (Å²) in [5.74, 6) is 0.611. The van der Waals surface area contributed by atoms with Crippen LogP contribution in [0.3, 0.4) is 0 Å². The average Bonchev–Trinajstić information content (AvgIpc) is 2.86. The molecule has 2 fully saturated rings. The number of carbonyl (C=O) groups is 1. The molecule has 0 aromatic carbocycles. The van der Waals surface area contributed by atoms with E-state index in [0.717, 1.165) is 26.1 Å². The third kappa shape index (κ3) is 1.43. The van der Waals surface area contributed by atoms with Gasteiger partial charge in [0.15, 0.2) is 5.69 Å². The van der Waals surface area contributed by atoms with E-state index in [1.165, 1.54) is 6.26 Å². The van der Waals surface area contributed by atoms with Crippen LogP contribution in [0.25, 0.3) is 0 Å². The summed E-state index contributed by atoms with van der Waals surface area (Å²) in [5, 5.41) is 7.03. The van der Waals surface area contributed by atoms with Crippen LogP contribution in [-0.4, -0.2) is 41.6 Å². The maximum Gasteiger partial charge on any atom is 0.276 e. The van der Waals surface area contributed by atoms with Crippen molar-refractivity contribution in [2.45, 2.75) is 12.5 Å². The van der Waals surface area contributed by atoms with E-state index >= 15 is 0 Å². The standard InChI is InChI=1S/C10H13N3O2/c14-10(9-1-2-15-12-9)13-6-7-3-8(13)5-11-4-7/h1-2,7-8,11H,3-6H2. The van der Waals surface area contributed by atoms with Crippen molar-refractivity contribution in [1.29, 1.82) is 0 Å². The van der Waals surface area contributed by atoms with Crippen molar-refractivity contribution < 1.29 is 9.32 Å². The van der Waals surface area contributed by atoms with E-state index < -0.39 is 0 Å². The van der Waals surface area contributed by atoms with Crippen molar-refractivity contribution in [1.82, 2.24) is 15.4 Å². The maximum atomic E-state index is 12.0. The lowest BCUT2D eigenvalue weighted by Gasteiger charge is -2.24. The number of likely N-dealkylation sites (tertiary alicyclic amines) is 1. The number of hydrogen-bond donors (Lipinski definition) is 1. The van der Waals surface area contributed by atoms with Gasteiger partial charge in [0.1, 0.15) is 6.26 Å². The van der Waals surface area contributed by atoms with E-state index in [4.69, 9.17) is 4.52 Å². The van der Waals surface area contributed by atoms with Crippen LogP contribution in [-0.2, 0) is 0 Å². The predicted molar refractivity (Wildman–Crippen MR) is 52.3 cm³/mol. The Labute approximate surface area is 87.4 Å². The molecular weight excluding hydrogens is 194 g/mol. The Kier molecular flexibility index (Phi) is 1.98. The zero-order valence-electron chi connectivity index (χ0n) is 8.35. The summed E-state index contributed by atoms with van der Waals surface area (Å²) in [6.07, 6.45) is 2.56. The van der Waals surface area contributed by atoms with Crippen LogP contribution in [0.2, 0.25) is 0 Å². The van der Waals surface area contributed by atoms with Gasteiger partial charge in [0, 0.05) is 25.2 Å². The Hall–Kier alpha value is -1.36. The van der Waals surface area contributed by atoms with Crippen molar-refractivity contribution in [2.24, 2.45) is 5.92 Å². The van der Waals surface area contributed by atoms with Crippen LogP contribution in [0, 0.1) is 5.92 Å². The van der Waals surface area contributed by atoms with Crippen LogP contribution in [0.4, 0.5) is 0 Å². The summed E-state index contributed by atoms with van der Waals surface area (Å²) in [7, 11) is 0. The molecule has 2 atom stereocenters. The first-order valence-electron chi connectivity index (χ1n) is 5.26. The van der Waals surface area contributed by atoms with Crippen LogP contribution >= 0.6 is 0 Å². The van der Waals surface area contributed by atoms with Crippen molar-refractivity contribution in [3.63, 3.8) is 0 Å². The minimum Gasteiger partial charge on any atom is -0.364 e. The van der Waals surface area contributed by atoms with Gasteiger partial charge >= 0.3 is 0 Å². The quantitative estimate of drug-likeness (QED) is 0.710. The minimum atomic E-state index is -0.0000463. The third-order valence-electron chi connectivity index (χ3n) is 3.23. The highest BCUT2D eigenvalue weighted by molar-refractivity contribution is 5.92. The Bertz CT molecular complexity index is 363. The number of nitrogens with zero attached hydrogens (tertiary/aromatic N) is 2. The molecule has 2 bridgehead atoms. The second-order valence-corrected chi connectivity index (χ2v) is 4.26. The van der Waals surface area contributed by atoms with Gasteiger partial charge < -0.3 is 14.7 Å². The Morgan fingerprint density at radius 2 is 2.53 bits per heavy atom.